The van der Waals surface area contributed by atoms with Gasteiger partial charge in [-0.1, -0.05) is 25.4 Å². The van der Waals surface area contributed by atoms with E-state index in [4.69, 9.17) is 17.3 Å². The van der Waals surface area contributed by atoms with E-state index in [-0.39, 0.29) is 5.41 Å². The minimum Gasteiger partial charge on any atom is -0.387 e. The first-order valence-electron chi connectivity index (χ1n) is 4.77. The molecule has 0 bridgehead atoms. The Morgan fingerprint density at radius 3 is 2.67 bits per heavy atom. The maximum atomic E-state index is 10.2. The summed E-state index contributed by atoms with van der Waals surface area (Å²) in [7, 11) is 0. The van der Waals surface area contributed by atoms with Gasteiger partial charge in [0, 0.05) is 21.3 Å². The topological polar surface area (TPSA) is 46.2 Å². The molecule has 0 spiro atoms. The summed E-state index contributed by atoms with van der Waals surface area (Å²) in [6.07, 6.45) is 0.277. The quantitative estimate of drug-likeness (QED) is 0.893. The highest BCUT2D eigenvalue weighted by molar-refractivity contribution is 9.10. The lowest BCUT2D eigenvalue weighted by molar-refractivity contribution is 0.0420. The number of nitrogens with two attached hydrogens (primary N) is 1. The van der Waals surface area contributed by atoms with Crippen molar-refractivity contribution in [1.82, 2.24) is 0 Å². The molecule has 2 atom stereocenters. The Morgan fingerprint density at radius 2 is 2.33 bits per heavy atom. The highest BCUT2D eigenvalue weighted by Crippen LogP contribution is 2.42. The zero-order chi connectivity index (χ0) is 11.6. The fraction of sp³-hybridized carbons (Fsp3) is 0.600. The Labute approximate surface area is 108 Å². The summed E-state index contributed by atoms with van der Waals surface area (Å²) in [5.74, 6) is 0. The van der Waals surface area contributed by atoms with Crippen molar-refractivity contribution in [3.63, 3.8) is 0 Å². The van der Waals surface area contributed by atoms with E-state index in [1.54, 1.807) is 0 Å². The van der Waals surface area contributed by atoms with Gasteiger partial charge in [-0.2, -0.15) is 0 Å². The average molecular weight is 313 g/mol. The molecule has 0 amide bonds. The second-order valence-electron chi connectivity index (χ2n) is 3.88. The van der Waals surface area contributed by atoms with Crippen LogP contribution in [0.3, 0.4) is 0 Å². The zero-order valence-corrected chi connectivity index (χ0v) is 11.9. The summed E-state index contributed by atoms with van der Waals surface area (Å²) >= 11 is 10.7. The smallest absolute Gasteiger partial charge is 0.107 e. The lowest BCUT2D eigenvalue weighted by atomic mass is 9.81. The molecule has 0 aromatic carbocycles. The molecule has 0 aliphatic rings. The van der Waals surface area contributed by atoms with Gasteiger partial charge in [0.05, 0.1) is 6.10 Å². The molecule has 1 aromatic rings. The van der Waals surface area contributed by atoms with Gasteiger partial charge in [0.1, 0.15) is 4.34 Å². The van der Waals surface area contributed by atoms with E-state index >= 15 is 0 Å². The number of aliphatic hydroxyl groups excluding tert-OH is 1. The van der Waals surface area contributed by atoms with Gasteiger partial charge < -0.3 is 10.8 Å². The minimum atomic E-state index is -0.554. The largest absolute Gasteiger partial charge is 0.387 e. The molecule has 86 valence electrons. The van der Waals surface area contributed by atoms with E-state index < -0.39 is 6.10 Å². The molecule has 0 saturated heterocycles. The molecule has 1 heterocycles. The second kappa shape index (κ2) is 5.15. The first-order valence-corrected chi connectivity index (χ1v) is 6.76. The van der Waals surface area contributed by atoms with Gasteiger partial charge in [0.2, 0.25) is 0 Å². The van der Waals surface area contributed by atoms with Crippen LogP contribution < -0.4 is 5.73 Å². The molecule has 0 aliphatic heterocycles. The van der Waals surface area contributed by atoms with Gasteiger partial charge in [-0.3, -0.25) is 0 Å². The Hall–Kier alpha value is 0.390. The van der Waals surface area contributed by atoms with E-state index in [1.807, 2.05) is 19.9 Å². The Morgan fingerprint density at radius 1 is 1.73 bits per heavy atom. The van der Waals surface area contributed by atoms with Crippen molar-refractivity contribution in [1.29, 1.82) is 0 Å². The predicted molar refractivity (Wildman–Crippen MR) is 69.4 cm³/mol. The summed E-state index contributed by atoms with van der Waals surface area (Å²) in [5.41, 5.74) is 5.42. The summed E-state index contributed by atoms with van der Waals surface area (Å²) in [5, 5.41) is 10.2. The van der Waals surface area contributed by atoms with Crippen molar-refractivity contribution in [2.24, 2.45) is 11.1 Å². The van der Waals surface area contributed by atoms with Crippen molar-refractivity contribution >= 4 is 38.9 Å². The van der Waals surface area contributed by atoms with Gasteiger partial charge in [0.25, 0.3) is 0 Å². The summed E-state index contributed by atoms with van der Waals surface area (Å²) in [6.45, 7) is 4.47. The number of hydrogen-bond acceptors (Lipinski definition) is 3. The summed E-state index contributed by atoms with van der Waals surface area (Å²) < 4.78 is 1.50. The standard InChI is InChI=1S/C10H15BrClNOS/c1-3-10(2,5-13)8(14)7-4-6(11)9(12)15-7/h4,8,14H,3,5,13H2,1-2H3. The summed E-state index contributed by atoms with van der Waals surface area (Å²) in [4.78, 5) is 0.863. The van der Waals surface area contributed by atoms with E-state index in [0.717, 1.165) is 15.8 Å². The fourth-order valence-corrected chi connectivity index (χ4v) is 3.19. The van der Waals surface area contributed by atoms with Crippen LogP contribution in [0.4, 0.5) is 0 Å². The van der Waals surface area contributed by atoms with Crippen molar-refractivity contribution in [3.8, 4) is 0 Å². The first kappa shape index (κ1) is 13.5. The average Bonchev–Trinajstić information content (AvgIpc) is 2.57. The van der Waals surface area contributed by atoms with Crippen LogP contribution in [0.2, 0.25) is 4.34 Å². The predicted octanol–water partition coefficient (Wildman–Crippen LogP) is 3.57. The fourth-order valence-electron chi connectivity index (χ4n) is 1.29. The lowest BCUT2D eigenvalue weighted by Gasteiger charge is -2.31. The molecule has 0 saturated carbocycles. The highest BCUT2D eigenvalue weighted by Gasteiger charge is 2.32. The normalized spacial score (nSPS) is 17.5. The zero-order valence-electron chi connectivity index (χ0n) is 8.76. The van der Waals surface area contributed by atoms with Crippen LogP contribution in [0.5, 0.6) is 0 Å². The van der Waals surface area contributed by atoms with Crippen LogP contribution in [-0.4, -0.2) is 11.7 Å². The van der Waals surface area contributed by atoms with Gasteiger partial charge in [-0.25, -0.2) is 0 Å². The molecule has 5 heteroatoms. The van der Waals surface area contributed by atoms with E-state index in [1.165, 1.54) is 11.3 Å². The molecule has 2 unspecified atom stereocenters. The SMILES string of the molecule is CCC(C)(CN)C(O)c1cc(Br)c(Cl)s1. The number of thiophene rings is 1. The number of aliphatic hydroxyl groups is 1. The van der Waals surface area contributed by atoms with Crippen molar-refractivity contribution < 1.29 is 5.11 Å². The molecular weight excluding hydrogens is 298 g/mol. The molecular formula is C10H15BrClNOS. The van der Waals surface area contributed by atoms with Crippen LogP contribution in [0.25, 0.3) is 0 Å². The van der Waals surface area contributed by atoms with Crippen molar-refractivity contribution in [2.75, 3.05) is 6.54 Å². The van der Waals surface area contributed by atoms with Gasteiger partial charge in [0.15, 0.2) is 0 Å². The minimum absolute atomic E-state index is 0.284. The Balaban J connectivity index is 2.97. The molecule has 1 aromatic heterocycles. The van der Waals surface area contributed by atoms with Crippen LogP contribution in [0.15, 0.2) is 10.5 Å². The van der Waals surface area contributed by atoms with Crippen LogP contribution in [0.1, 0.15) is 31.2 Å². The highest BCUT2D eigenvalue weighted by atomic mass is 79.9. The summed E-state index contributed by atoms with van der Waals surface area (Å²) in [6, 6.07) is 1.86. The van der Waals surface area contributed by atoms with E-state index in [9.17, 15) is 5.11 Å². The monoisotopic (exact) mass is 311 g/mol. The third-order valence-electron chi connectivity index (χ3n) is 2.87. The first-order chi connectivity index (χ1) is 6.94. The van der Waals surface area contributed by atoms with E-state index in [0.29, 0.717) is 10.9 Å². The maximum absolute atomic E-state index is 10.2. The van der Waals surface area contributed by atoms with Crippen LogP contribution in [0, 0.1) is 5.41 Å². The molecule has 0 radical (unpaired) electrons. The third kappa shape index (κ3) is 2.74. The van der Waals surface area contributed by atoms with Gasteiger partial charge in [-0.05, 0) is 28.4 Å². The van der Waals surface area contributed by atoms with Gasteiger partial charge in [-0.15, -0.1) is 11.3 Å². The molecule has 2 nitrogen and oxygen atoms in total. The Kier molecular flexibility index (Phi) is 4.62. The number of rotatable bonds is 4. The lowest BCUT2D eigenvalue weighted by Crippen LogP contribution is -2.32. The maximum Gasteiger partial charge on any atom is 0.107 e. The van der Waals surface area contributed by atoms with Crippen LogP contribution >= 0.6 is 38.9 Å². The molecule has 15 heavy (non-hydrogen) atoms. The second-order valence-corrected chi connectivity index (χ2v) is 6.42. The van der Waals surface area contributed by atoms with Crippen molar-refractivity contribution in [2.45, 2.75) is 26.4 Å². The Bertz CT molecular complexity index is 319. The van der Waals surface area contributed by atoms with Crippen LogP contribution in [-0.2, 0) is 0 Å². The molecule has 3 N–H and O–H groups in total. The number of hydrogen-bond donors (Lipinski definition) is 2. The number of halogens is 2. The third-order valence-corrected chi connectivity index (χ3v) is 5.39. The molecule has 1 rings (SSSR count). The molecule has 0 fully saturated rings. The van der Waals surface area contributed by atoms with Gasteiger partial charge >= 0.3 is 0 Å². The molecule has 0 aliphatic carbocycles. The van der Waals surface area contributed by atoms with Crippen molar-refractivity contribution in [3.05, 3.63) is 19.8 Å². The van der Waals surface area contributed by atoms with E-state index in [2.05, 4.69) is 15.9 Å².